The number of rotatable bonds is 3. The van der Waals surface area contributed by atoms with Crippen LogP contribution in [0.15, 0.2) is 0 Å². The van der Waals surface area contributed by atoms with Crippen LogP contribution in [-0.4, -0.2) is 41.4 Å². The van der Waals surface area contributed by atoms with Crippen LogP contribution in [0.25, 0.3) is 0 Å². The first-order valence-electron chi connectivity index (χ1n) is 5.22. The van der Waals surface area contributed by atoms with E-state index >= 15 is 0 Å². The van der Waals surface area contributed by atoms with Gasteiger partial charge >= 0.3 is 6.03 Å². The Morgan fingerprint density at radius 2 is 2.00 bits per heavy atom. The Balaban J connectivity index is 2.78. The van der Waals surface area contributed by atoms with Crippen LogP contribution in [0.2, 0.25) is 0 Å². The van der Waals surface area contributed by atoms with Gasteiger partial charge in [0.25, 0.3) is 0 Å². The van der Waals surface area contributed by atoms with E-state index in [9.17, 15) is 9.59 Å². The van der Waals surface area contributed by atoms with Gasteiger partial charge in [-0.05, 0) is 13.3 Å². The molecule has 1 unspecified atom stereocenters. The second-order valence-electron chi connectivity index (χ2n) is 3.71. The Morgan fingerprint density at radius 1 is 1.36 bits per heavy atom. The van der Waals surface area contributed by atoms with Crippen molar-refractivity contribution in [1.82, 2.24) is 9.80 Å². The Labute approximate surface area is 84.9 Å². The van der Waals surface area contributed by atoms with E-state index in [1.54, 1.807) is 4.90 Å². The fourth-order valence-electron chi connectivity index (χ4n) is 1.71. The van der Waals surface area contributed by atoms with Gasteiger partial charge in [0.1, 0.15) is 0 Å². The summed E-state index contributed by atoms with van der Waals surface area (Å²) < 4.78 is 0. The standard InChI is InChI=1S/C10H18N2O2/c1-4-6-12-9(13)8(3)7-11(5-2)10(12)14/h8H,4-7H2,1-3H3. The summed E-state index contributed by atoms with van der Waals surface area (Å²) in [5.41, 5.74) is 0. The van der Waals surface area contributed by atoms with Gasteiger partial charge in [0, 0.05) is 19.6 Å². The molecular formula is C10H18N2O2. The normalized spacial score (nSPS) is 23.2. The number of hydrogen-bond acceptors (Lipinski definition) is 2. The van der Waals surface area contributed by atoms with E-state index in [1.165, 1.54) is 4.90 Å². The van der Waals surface area contributed by atoms with E-state index in [0.29, 0.717) is 19.6 Å². The summed E-state index contributed by atoms with van der Waals surface area (Å²) in [5, 5.41) is 0. The average molecular weight is 198 g/mol. The van der Waals surface area contributed by atoms with Crippen LogP contribution in [0, 0.1) is 5.92 Å². The number of amides is 3. The second-order valence-corrected chi connectivity index (χ2v) is 3.71. The molecule has 1 heterocycles. The van der Waals surface area contributed by atoms with Crippen molar-refractivity contribution in [2.24, 2.45) is 5.92 Å². The van der Waals surface area contributed by atoms with Gasteiger partial charge in [0.05, 0.1) is 5.92 Å². The second kappa shape index (κ2) is 4.44. The SMILES string of the molecule is CCCN1C(=O)C(C)CN(CC)C1=O. The van der Waals surface area contributed by atoms with Crippen LogP contribution >= 0.6 is 0 Å². The maximum Gasteiger partial charge on any atom is 0.326 e. The monoisotopic (exact) mass is 198 g/mol. The third-order valence-electron chi connectivity index (χ3n) is 2.51. The molecule has 4 heteroatoms. The highest BCUT2D eigenvalue weighted by atomic mass is 16.2. The lowest BCUT2D eigenvalue weighted by molar-refractivity contribution is -0.135. The zero-order chi connectivity index (χ0) is 10.7. The number of urea groups is 1. The average Bonchev–Trinajstić information content (AvgIpc) is 2.18. The molecule has 0 aromatic rings. The highest BCUT2D eigenvalue weighted by Crippen LogP contribution is 2.15. The fraction of sp³-hybridized carbons (Fsp3) is 0.800. The summed E-state index contributed by atoms with van der Waals surface area (Å²) in [6.45, 7) is 7.56. The molecule has 0 saturated carbocycles. The van der Waals surface area contributed by atoms with E-state index in [0.717, 1.165) is 6.42 Å². The minimum absolute atomic E-state index is 0.0263. The predicted octanol–water partition coefficient (Wildman–Crippen LogP) is 1.32. The van der Waals surface area contributed by atoms with Crippen molar-refractivity contribution in [3.63, 3.8) is 0 Å². The number of carbonyl (C=O) groups excluding carboxylic acids is 2. The molecule has 0 aliphatic carbocycles. The molecule has 0 radical (unpaired) electrons. The number of nitrogens with zero attached hydrogens (tertiary/aromatic N) is 2. The van der Waals surface area contributed by atoms with Crippen LogP contribution in [-0.2, 0) is 4.79 Å². The van der Waals surface area contributed by atoms with Crippen LogP contribution in [0.3, 0.4) is 0 Å². The van der Waals surface area contributed by atoms with E-state index < -0.39 is 0 Å². The lowest BCUT2D eigenvalue weighted by atomic mass is 10.1. The van der Waals surface area contributed by atoms with Crippen molar-refractivity contribution < 1.29 is 9.59 Å². The van der Waals surface area contributed by atoms with E-state index in [4.69, 9.17) is 0 Å². The fourth-order valence-corrected chi connectivity index (χ4v) is 1.71. The minimum Gasteiger partial charge on any atom is -0.324 e. The first-order valence-corrected chi connectivity index (χ1v) is 5.22. The predicted molar refractivity (Wildman–Crippen MR) is 53.8 cm³/mol. The van der Waals surface area contributed by atoms with Crippen LogP contribution < -0.4 is 0 Å². The Bertz CT molecular complexity index is 240. The zero-order valence-corrected chi connectivity index (χ0v) is 9.12. The number of carbonyl (C=O) groups is 2. The molecule has 1 aliphatic heterocycles. The highest BCUT2D eigenvalue weighted by Gasteiger charge is 2.35. The van der Waals surface area contributed by atoms with Crippen molar-refractivity contribution in [2.75, 3.05) is 19.6 Å². The van der Waals surface area contributed by atoms with Crippen molar-refractivity contribution in [3.8, 4) is 0 Å². The molecule has 14 heavy (non-hydrogen) atoms. The summed E-state index contributed by atoms with van der Waals surface area (Å²) in [4.78, 5) is 26.5. The van der Waals surface area contributed by atoms with E-state index in [1.807, 2.05) is 20.8 Å². The summed E-state index contributed by atoms with van der Waals surface area (Å²) in [6.07, 6.45) is 0.821. The van der Waals surface area contributed by atoms with Gasteiger partial charge in [-0.15, -0.1) is 0 Å². The molecule has 0 aromatic carbocycles. The van der Waals surface area contributed by atoms with Gasteiger partial charge in [0.2, 0.25) is 5.91 Å². The molecule has 1 saturated heterocycles. The van der Waals surface area contributed by atoms with Crippen molar-refractivity contribution in [2.45, 2.75) is 27.2 Å². The summed E-state index contributed by atoms with van der Waals surface area (Å²) in [5.74, 6) is -0.0826. The first-order chi connectivity index (χ1) is 6.61. The molecule has 0 spiro atoms. The maximum atomic E-state index is 11.7. The molecule has 0 bridgehead atoms. The van der Waals surface area contributed by atoms with Crippen LogP contribution in [0.1, 0.15) is 27.2 Å². The largest absolute Gasteiger partial charge is 0.326 e. The van der Waals surface area contributed by atoms with Crippen molar-refractivity contribution >= 4 is 11.9 Å². The summed E-state index contributed by atoms with van der Waals surface area (Å²) >= 11 is 0. The van der Waals surface area contributed by atoms with Gasteiger partial charge in [0.15, 0.2) is 0 Å². The lowest BCUT2D eigenvalue weighted by Gasteiger charge is -2.36. The van der Waals surface area contributed by atoms with Gasteiger partial charge in [-0.25, -0.2) is 4.79 Å². The highest BCUT2D eigenvalue weighted by molar-refractivity contribution is 5.97. The Morgan fingerprint density at radius 3 is 2.50 bits per heavy atom. The maximum absolute atomic E-state index is 11.7. The Hall–Kier alpha value is -1.06. The van der Waals surface area contributed by atoms with E-state index in [2.05, 4.69) is 0 Å². The molecule has 4 nitrogen and oxygen atoms in total. The molecule has 1 fully saturated rings. The number of imide groups is 1. The van der Waals surface area contributed by atoms with Gasteiger partial charge in [-0.2, -0.15) is 0 Å². The van der Waals surface area contributed by atoms with Crippen molar-refractivity contribution in [1.29, 1.82) is 0 Å². The molecular weight excluding hydrogens is 180 g/mol. The third-order valence-corrected chi connectivity index (χ3v) is 2.51. The van der Waals surface area contributed by atoms with Gasteiger partial charge in [-0.1, -0.05) is 13.8 Å². The summed E-state index contributed by atoms with van der Waals surface area (Å²) in [6, 6.07) is -0.127. The van der Waals surface area contributed by atoms with Crippen LogP contribution in [0.4, 0.5) is 4.79 Å². The number of hydrogen-bond donors (Lipinski definition) is 0. The summed E-state index contributed by atoms with van der Waals surface area (Å²) in [7, 11) is 0. The Kier molecular flexibility index (Phi) is 3.49. The zero-order valence-electron chi connectivity index (χ0n) is 9.12. The van der Waals surface area contributed by atoms with E-state index in [-0.39, 0.29) is 17.9 Å². The quantitative estimate of drug-likeness (QED) is 0.686. The molecule has 1 aliphatic rings. The molecule has 1 atom stereocenters. The lowest BCUT2D eigenvalue weighted by Crippen LogP contribution is -2.55. The molecule has 1 rings (SSSR count). The van der Waals surface area contributed by atoms with Gasteiger partial charge < -0.3 is 4.90 Å². The molecule has 0 aromatic heterocycles. The minimum atomic E-state index is -0.127. The van der Waals surface area contributed by atoms with Crippen molar-refractivity contribution in [3.05, 3.63) is 0 Å². The first kappa shape index (κ1) is 11.0. The van der Waals surface area contributed by atoms with Crippen LogP contribution in [0.5, 0.6) is 0 Å². The molecule has 80 valence electrons. The topological polar surface area (TPSA) is 40.6 Å². The molecule has 3 amide bonds. The molecule has 0 N–H and O–H groups in total. The third kappa shape index (κ3) is 1.89. The van der Waals surface area contributed by atoms with Gasteiger partial charge in [-0.3, -0.25) is 9.69 Å². The smallest absolute Gasteiger partial charge is 0.324 e.